The Morgan fingerprint density at radius 3 is 2.68 bits per heavy atom. The minimum Gasteiger partial charge on any atom is -0.468 e. The number of ether oxygens (including phenoxy) is 1. The average molecular weight is 386 g/mol. The van der Waals surface area contributed by atoms with E-state index in [4.69, 9.17) is 9.15 Å². The van der Waals surface area contributed by atoms with Crippen LogP contribution in [0.25, 0.3) is 0 Å². The van der Waals surface area contributed by atoms with Crippen molar-refractivity contribution in [3.8, 4) is 0 Å². The third-order valence-corrected chi connectivity index (χ3v) is 5.73. The molecular weight excluding hydrogens is 354 g/mol. The van der Waals surface area contributed by atoms with Gasteiger partial charge in [0.05, 0.1) is 26.0 Å². The Morgan fingerprint density at radius 2 is 1.96 bits per heavy atom. The zero-order valence-electron chi connectivity index (χ0n) is 16.8. The molecule has 28 heavy (non-hydrogen) atoms. The topological polar surface area (TPSA) is 57.9 Å². The van der Waals surface area contributed by atoms with E-state index in [0.717, 1.165) is 69.8 Å². The highest BCUT2D eigenvalue weighted by molar-refractivity contribution is 5.30. The van der Waals surface area contributed by atoms with Crippen LogP contribution in [0.3, 0.4) is 0 Å². The summed E-state index contributed by atoms with van der Waals surface area (Å²) in [5, 5.41) is 0. The van der Waals surface area contributed by atoms with Gasteiger partial charge in [0.25, 0.3) is 0 Å². The molecule has 152 valence electrons. The fourth-order valence-corrected chi connectivity index (χ4v) is 4.24. The second kappa shape index (κ2) is 9.49. The first-order valence-corrected chi connectivity index (χ1v) is 10.4. The van der Waals surface area contributed by atoms with Gasteiger partial charge in [-0.2, -0.15) is 0 Å². The molecule has 1 atom stereocenters. The Balaban J connectivity index is 1.42. The number of morpholine rings is 1. The number of furan rings is 1. The highest BCUT2D eigenvalue weighted by Crippen LogP contribution is 2.20. The Labute approximate surface area is 167 Å². The molecular formula is C21H31N5O2. The maximum atomic E-state index is 5.61. The molecule has 0 saturated carbocycles. The van der Waals surface area contributed by atoms with Gasteiger partial charge in [0.15, 0.2) is 0 Å². The highest BCUT2D eigenvalue weighted by atomic mass is 16.5. The fraction of sp³-hybridized carbons (Fsp3) is 0.619. The highest BCUT2D eigenvalue weighted by Gasteiger charge is 2.25. The summed E-state index contributed by atoms with van der Waals surface area (Å²) in [7, 11) is 0. The van der Waals surface area contributed by atoms with Crippen LogP contribution in [0.2, 0.25) is 0 Å². The number of aromatic nitrogens is 2. The van der Waals surface area contributed by atoms with E-state index in [0.29, 0.717) is 6.04 Å². The number of likely N-dealkylation sites (tertiary alicyclic amines) is 1. The zero-order chi connectivity index (χ0) is 19.2. The van der Waals surface area contributed by atoms with Crippen molar-refractivity contribution in [3.63, 3.8) is 0 Å². The van der Waals surface area contributed by atoms with Crippen molar-refractivity contribution in [1.29, 1.82) is 0 Å². The van der Waals surface area contributed by atoms with Crippen molar-refractivity contribution in [2.24, 2.45) is 0 Å². The molecule has 2 aromatic rings. The van der Waals surface area contributed by atoms with E-state index in [1.807, 2.05) is 18.5 Å². The number of rotatable bonds is 8. The standard InChI is InChI=1S/C21H31N5O2/c1-2-25-7-3-5-19(25)16-24(17-20-6-4-10-28-20)15-18-13-22-21(23-14-18)26-8-11-27-12-9-26/h4,6,10,13-14,19H,2-3,5,7-9,11-12,15-17H2,1H3. The van der Waals surface area contributed by atoms with Crippen molar-refractivity contribution in [2.75, 3.05) is 50.8 Å². The summed E-state index contributed by atoms with van der Waals surface area (Å²) in [6, 6.07) is 4.63. The van der Waals surface area contributed by atoms with Crippen LogP contribution in [-0.2, 0) is 17.8 Å². The molecule has 2 aromatic heterocycles. The molecule has 2 saturated heterocycles. The molecule has 1 unspecified atom stereocenters. The number of anilines is 1. The van der Waals surface area contributed by atoms with E-state index >= 15 is 0 Å². The number of hydrogen-bond donors (Lipinski definition) is 0. The molecule has 0 aliphatic carbocycles. The van der Waals surface area contributed by atoms with Crippen molar-refractivity contribution in [1.82, 2.24) is 19.8 Å². The third-order valence-electron chi connectivity index (χ3n) is 5.73. The van der Waals surface area contributed by atoms with E-state index < -0.39 is 0 Å². The van der Waals surface area contributed by atoms with E-state index in [9.17, 15) is 0 Å². The normalized spacial score (nSPS) is 20.9. The van der Waals surface area contributed by atoms with Crippen molar-refractivity contribution in [3.05, 3.63) is 42.1 Å². The van der Waals surface area contributed by atoms with Crippen LogP contribution in [0.4, 0.5) is 5.95 Å². The second-order valence-electron chi connectivity index (χ2n) is 7.66. The van der Waals surface area contributed by atoms with Gasteiger partial charge in [0, 0.05) is 50.2 Å². The van der Waals surface area contributed by atoms with Crippen LogP contribution in [0.5, 0.6) is 0 Å². The van der Waals surface area contributed by atoms with Gasteiger partial charge >= 0.3 is 0 Å². The molecule has 0 aromatic carbocycles. The first-order valence-electron chi connectivity index (χ1n) is 10.4. The van der Waals surface area contributed by atoms with Crippen LogP contribution in [-0.4, -0.2) is 71.7 Å². The lowest BCUT2D eigenvalue weighted by molar-refractivity contribution is 0.122. The van der Waals surface area contributed by atoms with Crippen LogP contribution in [0, 0.1) is 0 Å². The van der Waals surface area contributed by atoms with E-state index in [2.05, 4.69) is 37.7 Å². The quantitative estimate of drug-likeness (QED) is 0.691. The SMILES string of the molecule is CCN1CCCC1CN(Cc1cnc(N2CCOCC2)nc1)Cc1ccco1. The molecule has 0 spiro atoms. The maximum absolute atomic E-state index is 5.61. The van der Waals surface area contributed by atoms with Gasteiger partial charge in [-0.05, 0) is 38.1 Å². The molecule has 7 heteroatoms. The van der Waals surface area contributed by atoms with Crippen molar-refractivity contribution in [2.45, 2.75) is 38.9 Å². The monoisotopic (exact) mass is 385 g/mol. The molecule has 4 rings (SSSR count). The van der Waals surface area contributed by atoms with E-state index in [1.54, 1.807) is 6.26 Å². The molecule has 4 heterocycles. The molecule has 0 N–H and O–H groups in total. The fourth-order valence-electron chi connectivity index (χ4n) is 4.24. The third kappa shape index (κ3) is 4.90. The molecule has 2 aliphatic heterocycles. The minimum atomic E-state index is 0.619. The van der Waals surface area contributed by atoms with Gasteiger partial charge in [0.2, 0.25) is 5.95 Å². The smallest absolute Gasteiger partial charge is 0.225 e. The summed E-state index contributed by atoms with van der Waals surface area (Å²) >= 11 is 0. The van der Waals surface area contributed by atoms with E-state index in [1.165, 1.54) is 19.4 Å². The summed E-state index contributed by atoms with van der Waals surface area (Å²) < 4.78 is 11.0. The Bertz CT molecular complexity index is 700. The summed E-state index contributed by atoms with van der Waals surface area (Å²) in [6.45, 7) is 10.5. The molecule has 2 fully saturated rings. The van der Waals surface area contributed by atoms with Crippen LogP contribution in [0.1, 0.15) is 31.1 Å². The van der Waals surface area contributed by atoms with Gasteiger partial charge in [-0.25, -0.2) is 9.97 Å². The molecule has 0 radical (unpaired) electrons. The van der Waals surface area contributed by atoms with Crippen LogP contribution < -0.4 is 4.90 Å². The minimum absolute atomic E-state index is 0.619. The first-order chi connectivity index (χ1) is 13.8. The Hall–Kier alpha value is -1.96. The summed E-state index contributed by atoms with van der Waals surface area (Å²) in [5.41, 5.74) is 1.14. The summed E-state index contributed by atoms with van der Waals surface area (Å²) in [4.78, 5) is 16.5. The molecule has 7 nitrogen and oxygen atoms in total. The number of nitrogens with zero attached hydrogens (tertiary/aromatic N) is 5. The molecule has 0 bridgehead atoms. The second-order valence-corrected chi connectivity index (χ2v) is 7.66. The largest absolute Gasteiger partial charge is 0.468 e. The number of hydrogen-bond acceptors (Lipinski definition) is 7. The van der Waals surface area contributed by atoms with Crippen LogP contribution >= 0.6 is 0 Å². The van der Waals surface area contributed by atoms with Crippen molar-refractivity contribution >= 4 is 5.95 Å². The predicted molar refractivity (Wildman–Crippen MR) is 108 cm³/mol. The Morgan fingerprint density at radius 1 is 1.14 bits per heavy atom. The predicted octanol–water partition coefficient (Wildman–Crippen LogP) is 2.39. The lowest BCUT2D eigenvalue weighted by Crippen LogP contribution is -2.40. The summed E-state index contributed by atoms with van der Waals surface area (Å²) in [5.74, 6) is 1.81. The lowest BCUT2D eigenvalue weighted by Gasteiger charge is -2.30. The van der Waals surface area contributed by atoms with E-state index in [-0.39, 0.29) is 0 Å². The molecule has 0 amide bonds. The average Bonchev–Trinajstić information content (AvgIpc) is 3.41. The Kier molecular flexibility index (Phi) is 6.57. The first kappa shape index (κ1) is 19.4. The van der Waals surface area contributed by atoms with Crippen molar-refractivity contribution < 1.29 is 9.15 Å². The zero-order valence-corrected chi connectivity index (χ0v) is 16.8. The van der Waals surface area contributed by atoms with Gasteiger partial charge in [-0.15, -0.1) is 0 Å². The van der Waals surface area contributed by atoms with Gasteiger partial charge in [-0.3, -0.25) is 9.80 Å². The maximum Gasteiger partial charge on any atom is 0.225 e. The van der Waals surface area contributed by atoms with Gasteiger partial charge < -0.3 is 14.1 Å². The van der Waals surface area contributed by atoms with Gasteiger partial charge in [-0.1, -0.05) is 6.92 Å². The lowest BCUT2D eigenvalue weighted by atomic mass is 10.2. The number of likely N-dealkylation sites (N-methyl/N-ethyl adjacent to an activating group) is 1. The molecule has 2 aliphatic rings. The summed E-state index contributed by atoms with van der Waals surface area (Å²) in [6.07, 6.45) is 8.26. The van der Waals surface area contributed by atoms with Crippen LogP contribution in [0.15, 0.2) is 35.2 Å². The van der Waals surface area contributed by atoms with Gasteiger partial charge in [0.1, 0.15) is 5.76 Å².